The highest BCUT2D eigenvalue weighted by Gasteiger charge is 2.40. The summed E-state index contributed by atoms with van der Waals surface area (Å²) in [6, 6.07) is 7.72. The molecule has 2 heterocycles. The zero-order valence-corrected chi connectivity index (χ0v) is 15.0. The second-order valence-electron chi connectivity index (χ2n) is 6.84. The molecule has 1 aromatic carbocycles. The predicted molar refractivity (Wildman–Crippen MR) is 94.8 cm³/mol. The van der Waals surface area contributed by atoms with E-state index in [1.165, 1.54) is 0 Å². The van der Waals surface area contributed by atoms with Gasteiger partial charge in [-0.3, -0.25) is 9.89 Å². The number of hydrogen-bond donors (Lipinski definition) is 2. The highest BCUT2D eigenvalue weighted by molar-refractivity contribution is 5.94. The van der Waals surface area contributed by atoms with Gasteiger partial charge in [-0.15, -0.1) is 0 Å². The molecule has 1 aliphatic rings. The number of hydrogen-bond acceptors (Lipinski definition) is 4. The summed E-state index contributed by atoms with van der Waals surface area (Å²) in [6.07, 6.45) is 1.30. The summed E-state index contributed by atoms with van der Waals surface area (Å²) in [6.45, 7) is 6.84. The van der Waals surface area contributed by atoms with Gasteiger partial charge in [0, 0.05) is 17.8 Å². The molecule has 25 heavy (non-hydrogen) atoms. The van der Waals surface area contributed by atoms with Gasteiger partial charge in [0.05, 0.1) is 6.54 Å². The largest absolute Gasteiger partial charge is 0.491 e. The maximum absolute atomic E-state index is 12.7. The lowest BCUT2D eigenvalue weighted by atomic mass is 10.1. The van der Waals surface area contributed by atoms with Crippen LogP contribution in [0.5, 0.6) is 5.75 Å². The first-order valence-corrected chi connectivity index (χ1v) is 8.67. The molecule has 0 bridgehead atoms. The number of likely N-dealkylation sites (tertiary alicyclic amines) is 1. The molecule has 0 aliphatic carbocycles. The number of β-amino-alcohol motifs (C(OH)–C–C–N with tert-alkyl or cyclic N) is 1. The summed E-state index contributed by atoms with van der Waals surface area (Å²) in [7, 11) is 0. The average Bonchev–Trinajstić information content (AvgIpc) is 3.16. The number of aliphatic hydroxyl groups is 1. The van der Waals surface area contributed by atoms with E-state index in [1.54, 1.807) is 4.90 Å². The Morgan fingerprint density at radius 3 is 2.92 bits per heavy atom. The van der Waals surface area contributed by atoms with Gasteiger partial charge in [0.2, 0.25) is 0 Å². The number of nitrogens with zero attached hydrogens (tertiary/aromatic N) is 2. The van der Waals surface area contributed by atoms with Crippen LogP contribution in [0.1, 0.15) is 40.7 Å². The number of carbonyl (C=O) groups excluding carboxylic acids is 1. The van der Waals surface area contributed by atoms with Crippen LogP contribution in [0.25, 0.3) is 0 Å². The molecule has 6 nitrogen and oxygen atoms in total. The minimum absolute atomic E-state index is 0.139. The van der Waals surface area contributed by atoms with E-state index < -0.39 is 5.60 Å². The molecule has 6 heteroatoms. The van der Waals surface area contributed by atoms with Crippen LogP contribution in [-0.4, -0.2) is 51.4 Å². The number of aryl methyl sites for hydroxylation is 2. The Morgan fingerprint density at radius 2 is 2.24 bits per heavy atom. The lowest BCUT2D eigenvalue weighted by molar-refractivity contribution is 0.00423. The van der Waals surface area contributed by atoms with Crippen molar-refractivity contribution in [3.05, 3.63) is 46.8 Å². The summed E-state index contributed by atoms with van der Waals surface area (Å²) < 4.78 is 5.74. The van der Waals surface area contributed by atoms with Crippen LogP contribution in [0, 0.1) is 13.8 Å². The normalized spacial score (nSPS) is 20.1. The third-order valence-corrected chi connectivity index (χ3v) is 4.78. The van der Waals surface area contributed by atoms with Crippen LogP contribution in [0.2, 0.25) is 0 Å². The Hall–Kier alpha value is -2.34. The third kappa shape index (κ3) is 3.69. The first-order valence-electron chi connectivity index (χ1n) is 8.67. The van der Waals surface area contributed by atoms with Crippen LogP contribution in [0.3, 0.4) is 0 Å². The smallest absolute Gasteiger partial charge is 0.274 e. The van der Waals surface area contributed by atoms with E-state index in [2.05, 4.69) is 10.2 Å². The number of aromatic nitrogens is 2. The van der Waals surface area contributed by atoms with Gasteiger partial charge in [-0.25, -0.2) is 0 Å². The van der Waals surface area contributed by atoms with Crippen LogP contribution < -0.4 is 4.74 Å². The highest BCUT2D eigenvalue weighted by atomic mass is 16.5. The molecule has 3 rings (SSSR count). The molecule has 0 saturated carbocycles. The summed E-state index contributed by atoms with van der Waals surface area (Å²) in [5, 5.41) is 17.8. The zero-order chi connectivity index (χ0) is 18.0. The van der Waals surface area contributed by atoms with Crippen LogP contribution in [0.4, 0.5) is 0 Å². The van der Waals surface area contributed by atoms with Crippen molar-refractivity contribution in [1.82, 2.24) is 15.1 Å². The number of carbonyl (C=O) groups is 1. The fourth-order valence-electron chi connectivity index (χ4n) is 3.21. The van der Waals surface area contributed by atoms with E-state index in [1.807, 2.05) is 45.0 Å². The summed E-state index contributed by atoms with van der Waals surface area (Å²) in [5.74, 6) is 0.592. The van der Waals surface area contributed by atoms with Crippen LogP contribution >= 0.6 is 0 Å². The first kappa shape index (κ1) is 17.5. The van der Waals surface area contributed by atoms with E-state index in [0.717, 1.165) is 29.0 Å². The maximum atomic E-state index is 12.7. The van der Waals surface area contributed by atoms with Crippen LogP contribution in [-0.2, 0) is 6.42 Å². The second kappa shape index (κ2) is 6.88. The average molecular weight is 343 g/mol. The molecule has 1 aliphatic heterocycles. The highest BCUT2D eigenvalue weighted by Crippen LogP contribution is 2.25. The first-order chi connectivity index (χ1) is 11.9. The standard InChI is InChI=1S/C19H25N3O3/c1-4-16-14(3)17(21-20-16)18(23)22-9-8-19(24,11-22)12-25-15-7-5-6-13(2)10-15/h5-7,10,24H,4,8-9,11-12H2,1-3H3,(H,20,21). The van der Waals surface area contributed by atoms with E-state index in [-0.39, 0.29) is 19.1 Å². The van der Waals surface area contributed by atoms with E-state index in [4.69, 9.17) is 4.74 Å². The number of rotatable bonds is 5. The number of benzene rings is 1. The van der Waals surface area contributed by atoms with Crippen molar-refractivity contribution in [2.24, 2.45) is 0 Å². The zero-order valence-electron chi connectivity index (χ0n) is 15.0. The Balaban J connectivity index is 1.63. The van der Waals surface area contributed by atoms with Crippen molar-refractivity contribution < 1.29 is 14.6 Å². The van der Waals surface area contributed by atoms with Gasteiger partial charge in [0.15, 0.2) is 5.69 Å². The topological polar surface area (TPSA) is 78.5 Å². The molecule has 1 fully saturated rings. The van der Waals surface area contributed by atoms with E-state index >= 15 is 0 Å². The van der Waals surface area contributed by atoms with Gasteiger partial charge < -0.3 is 14.7 Å². The number of amides is 1. The van der Waals surface area contributed by atoms with Crippen molar-refractivity contribution in [2.45, 2.75) is 39.2 Å². The monoisotopic (exact) mass is 343 g/mol. The number of aromatic amines is 1. The predicted octanol–water partition coefficient (Wildman–Crippen LogP) is 2.24. The molecule has 1 aromatic heterocycles. The van der Waals surface area contributed by atoms with Gasteiger partial charge in [0.1, 0.15) is 18.0 Å². The summed E-state index contributed by atoms with van der Waals surface area (Å²) in [5.41, 5.74) is 2.38. The van der Waals surface area contributed by atoms with E-state index in [0.29, 0.717) is 18.7 Å². The van der Waals surface area contributed by atoms with Crippen molar-refractivity contribution in [3.8, 4) is 5.75 Å². The number of ether oxygens (including phenoxy) is 1. The molecule has 1 saturated heterocycles. The molecule has 1 amide bonds. The Labute approximate surface area is 147 Å². The molecule has 0 radical (unpaired) electrons. The molecule has 2 aromatic rings. The fourth-order valence-corrected chi connectivity index (χ4v) is 3.21. The van der Waals surface area contributed by atoms with Gasteiger partial charge in [-0.1, -0.05) is 19.1 Å². The maximum Gasteiger partial charge on any atom is 0.274 e. The number of H-pyrrole nitrogens is 1. The van der Waals surface area contributed by atoms with Gasteiger partial charge in [-0.05, 0) is 44.4 Å². The molecular weight excluding hydrogens is 318 g/mol. The van der Waals surface area contributed by atoms with Gasteiger partial charge >= 0.3 is 0 Å². The molecule has 0 spiro atoms. The SMILES string of the molecule is CCc1[nH]nc(C(=O)N2CCC(O)(COc3cccc(C)c3)C2)c1C. The Kier molecular flexibility index (Phi) is 4.81. The third-order valence-electron chi connectivity index (χ3n) is 4.78. The van der Waals surface area contributed by atoms with Gasteiger partial charge in [0.25, 0.3) is 5.91 Å². The fraction of sp³-hybridized carbons (Fsp3) is 0.474. The van der Waals surface area contributed by atoms with Crippen molar-refractivity contribution in [3.63, 3.8) is 0 Å². The van der Waals surface area contributed by atoms with Crippen LogP contribution in [0.15, 0.2) is 24.3 Å². The lowest BCUT2D eigenvalue weighted by Crippen LogP contribution is -2.40. The van der Waals surface area contributed by atoms with E-state index in [9.17, 15) is 9.90 Å². The summed E-state index contributed by atoms with van der Waals surface area (Å²) >= 11 is 0. The molecule has 2 N–H and O–H groups in total. The summed E-state index contributed by atoms with van der Waals surface area (Å²) in [4.78, 5) is 14.4. The Bertz CT molecular complexity index is 771. The minimum atomic E-state index is -1.03. The van der Waals surface area contributed by atoms with Crippen molar-refractivity contribution >= 4 is 5.91 Å². The molecular formula is C19H25N3O3. The Morgan fingerprint density at radius 1 is 1.44 bits per heavy atom. The minimum Gasteiger partial charge on any atom is -0.491 e. The molecule has 1 unspecified atom stereocenters. The molecule has 1 atom stereocenters. The quantitative estimate of drug-likeness (QED) is 0.873. The second-order valence-corrected chi connectivity index (χ2v) is 6.84. The van der Waals surface area contributed by atoms with Gasteiger partial charge in [-0.2, -0.15) is 5.10 Å². The molecule has 134 valence electrons. The number of nitrogens with one attached hydrogen (secondary N) is 1. The van der Waals surface area contributed by atoms with Crippen molar-refractivity contribution in [1.29, 1.82) is 0 Å². The lowest BCUT2D eigenvalue weighted by Gasteiger charge is -2.23. The van der Waals surface area contributed by atoms with Crippen molar-refractivity contribution in [2.75, 3.05) is 19.7 Å².